The summed E-state index contributed by atoms with van der Waals surface area (Å²) in [5.74, 6) is -0.754. The van der Waals surface area contributed by atoms with Gasteiger partial charge in [0.2, 0.25) is 5.79 Å². The van der Waals surface area contributed by atoms with Crippen LogP contribution < -0.4 is 0 Å². The molecule has 0 aromatic heterocycles. The molecule has 26 heavy (non-hydrogen) atoms. The van der Waals surface area contributed by atoms with Crippen molar-refractivity contribution in [2.24, 2.45) is 0 Å². The van der Waals surface area contributed by atoms with E-state index in [0.29, 0.717) is 0 Å². The van der Waals surface area contributed by atoms with Crippen molar-refractivity contribution < 1.29 is 13.6 Å². The van der Waals surface area contributed by atoms with Crippen LogP contribution in [0.2, 0.25) is 39.3 Å². The van der Waals surface area contributed by atoms with Crippen LogP contribution in [0.4, 0.5) is 0 Å². The Morgan fingerprint density at radius 3 is 2.12 bits per heavy atom. The molecule has 0 aliphatic carbocycles. The van der Waals surface area contributed by atoms with Crippen LogP contribution in [0, 0.1) is 0 Å². The first-order valence-corrected chi connectivity index (χ1v) is 16.6. The Kier molecular flexibility index (Phi) is 5.31. The normalized spacial score (nSPS) is 32.8. The molecule has 0 amide bonds. The average Bonchev–Trinajstić information content (AvgIpc) is 3.06. The maximum atomic E-state index is 7.03. The number of fused-ring (bicyclic) bond motifs is 1. The molecule has 146 valence electrons. The van der Waals surface area contributed by atoms with Crippen molar-refractivity contribution in [3.05, 3.63) is 35.9 Å². The van der Waals surface area contributed by atoms with Gasteiger partial charge >= 0.3 is 0 Å². The lowest BCUT2D eigenvalue weighted by Gasteiger charge is -2.51. The smallest absolute Gasteiger partial charge is 0.208 e. The number of hydrogen-bond acceptors (Lipinski definition) is 4. The molecular formula is C20H35NO3Si2. The Hall–Kier alpha value is -0.506. The third-order valence-electron chi connectivity index (χ3n) is 5.27. The quantitative estimate of drug-likeness (QED) is 0.529. The van der Waals surface area contributed by atoms with E-state index in [-0.39, 0.29) is 6.04 Å². The highest BCUT2D eigenvalue weighted by atomic mass is 28.4. The molecule has 2 fully saturated rings. The van der Waals surface area contributed by atoms with Gasteiger partial charge in [-0.15, -0.1) is 0 Å². The highest BCUT2D eigenvalue weighted by molar-refractivity contribution is 6.70. The first-order chi connectivity index (χ1) is 12.0. The lowest BCUT2D eigenvalue weighted by Crippen LogP contribution is -2.64. The minimum absolute atomic E-state index is 0.246. The second kappa shape index (κ2) is 6.83. The number of ether oxygens (including phenoxy) is 1. The molecule has 3 rings (SSSR count). The first-order valence-electron chi connectivity index (χ1n) is 9.78. The van der Waals surface area contributed by atoms with Gasteiger partial charge in [-0.1, -0.05) is 30.3 Å². The molecule has 2 saturated heterocycles. The van der Waals surface area contributed by atoms with Gasteiger partial charge in [0.05, 0.1) is 6.04 Å². The molecule has 0 saturated carbocycles. The van der Waals surface area contributed by atoms with E-state index in [1.54, 1.807) is 0 Å². The number of methoxy groups -OCH3 is 1. The largest absolute Gasteiger partial charge is 0.402 e. The summed E-state index contributed by atoms with van der Waals surface area (Å²) in [5, 5.41) is 0. The fourth-order valence-corrected chi connectivity index (χ4v) is 7.41. The van der Waals surface area contributed by atoms with Crippen LogP contribution in [-0.4, -0.2) is 53.6 Å². The molecule has 1 aromatic carbocycles. The zero-order chi connectivity index (χ0) is 19.2. The van der Waals surface area contributed by atoms with Crippen molar-refractivity contribution in [1.82, 2.24) is 4.90 Å². The van der Waals surface area contributed by atoms with Crippen molar-refractivity contribution >= 4 is 16.6 Å². The number of rotatable bonds is 6. The van der Waals surface area contributed by atoms with Crippen molar-refractivity contribution in [1.29, 1.82) is 0 Å². The van der Waals surface area contributed by atoms with Crippen LogP contribution >= 0.6 is 0 Å². The van der Waals surface area contributed by atoms with Crippen LogP contribution in [-0.2, 0) is 19.2 Å². The fourth-order valence-electron chi connectivity index (χ4n) is 4.74. The van der Waals surface area contributed by atoms with Crippen LogP contribution in [0.3, 0.4) is 0 Å². The predicted octanol–water partition coefficient (Wildman–Crippen LogP) is 4.41. The zero-order valence-corrected chi connectivity index (χ0v) is 19.5. The summed E-state index contributed by atoms with van der Waals surface area (Å²) in [7, 11) is -1.95. The monoisotopic (exact) mass is 393 g/mol. The number of hydrogen-bond donors (Lipinski definition) is 0. The molecule has 6 heteroatoms. The summed E-state index contributed by atoms with van der Waals surface area (Å²) in [6, 6.07) is 10.9. The van der Waals surface area contributed by atoms with E-state index in [4.69, 9.17) is 13.6 Å². The van der Waals surface area contributed by atoms with Gasteiger partial charge in [0, 0.05) is 13.7 Å². The molecule has 3 unspecified atom stereocenters. The minimum Gasteiger partial charge on any atom is -0.402 e. The van der Waals surface area contributed by atoms with Gasteiger partial charge in [0.15, 0.2) is 16.6 Å². The lowest BCUT2D eigenvalue weighted by atomic mass is 9.84. The van der Waals surface area contributed by atoms with Gasteiger partial charge in [-0.05, 0) is 64.2 Å². The molecule has 1 aromatic rings. The minimum atomic E-state index is -1.89. The second-order valence-corrected chi connectivity index (χ2v) is 18.5. The Bertz CT molecular complexity index is 628. The molecule has 2 aliphatic rings. The Morgan fingerprint density at radius 2 is 1.58 bits per heavy atom. The van der Waals surface area contributed by atoms with E-state index in [1.807, 2.05) is 7.11 Å². The summed E-state index contributed by atoms with van der Waals surface area (Å²) >= 11 is 0. The maximum Gasteiger partial charge on any atom is 0.208 e. The van der Waals surface area contributed by atoms with E-state index >= 15 is 0 Å². The van der Waals surface area contributed by atoms with Crippen LogP contribution in [0.1, 0.15) is 18.4 Å². The van der Waals surface area contributed by atoms with E-state index in [2.05, 4.69) is 74.5 Å². The first kappa shape index (κ1) is 20.2. The number of benzene rings is 1. The third kappa shape index (κ3) is 3.47. The highest BCUT2D eigenvalue weighted by Crippen LogP contribution is 2.54. The fraction of sp³-hybridized carbons (Fsp3) is 0.700. The molecule has 0 spiro atoms. The molecule has 4 nitrogen and oxygen atoms in total. The van der Waals surface area contributed by atoms with Crippen LogP contribution in [0.5, 0.6) is 0 Å². The second-order valence-electron chi connectivity index (χ2n) is 9.62. The lowest BCUT2D eigenvalue weighted by molar-refractivity contribution is -0.264. The third-order valence-corrected chi connectivity index (χ3v) is 7.15. The molecule has 0 bridgehead atoms. The molecule has 0 N–H and O–H groups in total. The van der Waals surface area contributed by atoms with Crippen molar-refractivity contribution in [3.63, 3.8) is 0 Å². The van der Waals surface area contributed by atoms with Gasteiger partial charge in [-0.25, -0.2) is 0 Å². The van der Waals surface area contributed by atoms with Gasteiger partial charge in [0.25, 0.3) is 0 Å². The topological polar surface area (TPSA) is 30.9 Å². The molecule has 3 atom stereocenters. The summed E-state index contributed by atoms with van der Waals surface area (Å²) < 4.78 is 20.3. The van der Waals surface area contributed by atoms with E-state index in [1.165, 1.54) is 12.0 Å². The van der Waals surface area contributed by atoms with Crippen molar-refractivity contribution in [2.45, 2.75) is 69.6 Å². The van der Waals surface area contributed by atoms with E-state index in [0.717, 1.165) is 19.5 Å². The van der Waals surface area contributed by atoms with E-state index < -0.39 is 28.0 Å². The Morgan fingerprint density at radius 1 is 0.962 bits per heavy atom. The van der Waals surface area contributed by atoms with Crippen molar-refractivity contribution in [3.8, 4) is 0 Å². The summed E-state index contributed by atoms with van der Waals surface area (Å²) in [4.78, 5) is 2.54. The molecule has 0 radical (unpaired) electrons. The average molecular weight is 394 g/mol. The van der Waals surface area contributed by atoms with Gasteiger partial charge in [-0.3, -0.25) is 4.90 Å². The highest BCUT2D eigenvalue weighted by Gasteiger charge is 2.69. The SMILES string of the molecule is COC1(O[Si](C)(C)C)C2CCCN2CC1(O[Si](C)(C)C)c1ccccc1. The van der Waals surface area contributed by atoms with Crippen LogP contribution in [0.15, 0.2) is 30.3 Å². The summed E-state index contributed by atoms with van der Waals surface area (Å²) in [6.45, 7) is 15.4. The van der Waals surface area contributed by atoms with Crippen molar-refractivity contribution in [2.75, 3.05) is 20.2 Å². The van der Waals surface area contributed by atoms with E-state index in [9.17, 15) is 0 Å². The maximum absolute atomic E-state index is 7.03. The standard InChI is InChI=1S/C20H35NO3Si2/c1-22-20(24-26(5,6)7)18-14-11-15-21(18)16-19(20,23-25(2,3)4)17-12-9-8-10-13-17/h8-10,12-13,18H,11,14-16H2,1-7H3. The Balaban J connectivity index is 2.22. The van der Waals surface area contributed by atoms with Crippen LogP contribution in [0.25, 0.3) is 0 Å². The predicted molar refractivity (Wildman–Crippen MR) is 111 cm³/mol. The summed E-state index contributed by atoms with van der Waals surface area (Å²) in [5.41, 5.74) is 0.593. The zero-order valence-electron chi connectivity index (χ0n) is 17.5. The van der Waals surface area contributed by atoms with Gasteiger partial charge < -0.3 is 13.6 Å². The molecule has 2 aliphatic heterocycles. The van der Waals surface area contributed by atoms with Gasteiger partial charge in [0.1, 0.15) is 5.60 Å². The Labute approximate surface area is 161 Å². The van der Waals surface area contributed by atoms with Gasteiger partial charge in [-0.2, -0.15) is 0 Å². The molecular weight excluding hydrogens is 358 g/mol. The molecule has 2 heterocycles. The summed E-state index contributed by atoms with van der Waals surface area (Å²) in [6.07, 6.45) is 2.30. The number of nitrogens with zero attached hydrogens (tertiary/aromatic N) is 1.